The Balaban J connectivity index is 1.57. The van der Waals surface area contributed by atoms with Crippen molar-refractivity contribution in [1.29, 1.82) is 0 Å². The molecule has 0 amide bonds. The molecule has 0 saturated carbocycles. The number of aromatic nitrogens is 2. The zero-order valence-electron chi connectivity index (χ0n) is 17.2. The number of fused-ring (bicyclic) bond motifs is 1. The number of para-hydroxylation sites is 3. The maximum absolute atomic E-state index is 13.4. The second-order valence-electron chi connectivity index (χ2n) is 7.34. The SMILES string of the molecule is O=C(/C(=C\c1cccc(Oc2ccccc2)c1)c1nc2ccccc2[nH]1)c1ccccc1. The maximum Gasteiger partial charge on any atom is 0.196 e. The molecule has 4 aromatic carbocycles. The van der Waals surface area contributed by atoms with Gasteiger partial charge in [-0.05, 0) is 48.0 Å². The summed E-state index contributed by atoms with van der Waals surface area (Å²) in [4.78, 5) is 21.4. The average molecular weight is 416 g/mol. The number of aromatic amines is 1. The van der Waals surface area contributed by atoms with Crippen LogP contribution in [0.5, 0.6) is 11.5 Å². The zero-order chi connectivity index (χ0) is 21.8. The molecule has 0 bridgehead atoms. The minimum Gasteiger partial charge on any atom is -0.457 e. The molecule has 4 nitrogen and oxygen atoms in total. The summed E-state index contributed by atoms with van der Waals surface area (Å²) in [7, 11) is 0. The van der Waals surface area contributed by atoms with Crippen LogP contribution in [0, 0.1) is 0 Å². The predicted molar refractivity (Wildman–Crippen MR) is 128 cm³/mol. The van der Waals surface area contributed by atoms with E-state index in [1.807, 2.05) is 115 Å². The first-order valence-electron chi connectivity index (χ1n) is 10.4. The first-order valence-corrected chi connectivity index (χ1v) is 10.4. The minimum absolute atomic E-state index is 0.0981. The van der Waals surface area contributed by atoms with E-state index in [2.05, 4.69) is 9.97 Å². The number of hydrogen-bond acceptors (Lipinski definition) is 3. The van der Waals surface area contributed by atoms with Crippen LogP contribution < -0.4 is 4.74 Å². The van der Waals surface area contributed by atoms with Gasteiger partial charge in [0.2, 0.25) is 0 Å². The van der Waals surface area contributed by atoms with Crippen molar-refractivity contribution in [3.8, 4) is 11.5 Å². The van der Waals surface area contributed by atoms with Gasteiger partial charge in [-0.25, -0.2) is 4.98 Å². The van der Waals surface area contributed by atoms with Gasteiger partial charge in [0.25, 0.3) is 0 Å². The monoisotopic (exact) mass is 416 g/mol. The highest BCUT2D eigenvalue weighted by atomic mass is 16.5. The van der Waals surface area contributed by atoms with Crippen molar-refractivity contribution in [3.63, 3.8) is 0 Å². The second-order valence-corrected chi connectivity index (χ2v) is 7.34. The number of ether oxygens (including phenoxy) is 1. The van der Waals surface area contributed by atoms with E-state index in [-0.39, 0.29) is 5.78 Å². The number of carbonyl (C=O) groups is 1. The van der Waals surface area contributed by atoms with E-state index in [4.69, 9.17) is 4.74 Å². The van der Waals surface area contributed by atoms with Gasteiger partial charge >= 0.3 is 0 Å². The molecule has 1 heterocycles. The molecule has 0 radical (unpaired) electrons. The zero-order valence-corrected chi connectivity index (χ0v) is 17.2. The molecule has 0 aliphatic rings. The fraction of sp³-hybridized carbons (Fsp3) is 0. The first-order chi connectivity index (χ1) is 15.8. The van der Waals surface area contributed by atoms with Crippen LogP contribution in [-0.2, 0) is 0 Å². The van der Waals surface area contributed by atoms with E-state index in [1.54, 1.807) is 0 Å². The third-order valence-electron chi connectivity index (χ3n) is 5.07. The molecule has 32 heavy (non-hydrogen) atoms. The summed E-state index contributed by atoms with van der Waals surface area (Å²) in [5.41, 5.74) is 3.64. The summed E-state index contributed by atoms with van der Waals surface area (Å²) in [5, 5.41) is 0. The van der Waals surface area contributed by atoms with Crippen LogP contribution in [0.15, 0.2) is 109 Å². The van der Waals surface area contributed by atoms with E-state index in [9.17, 15) is 4.79 Å². The van der Waals surface area contributed by atoms with Crippen molar-refractivity contribution < 1.29 is 9.53 Å². The lowest BCUT2D eigenvalue weighted by Crippen LogP contribution is -2.04. The van der Waals surface area contributed by atoms with E-state index in [0.29, 0.717) is 22.7 Å². The van der Waals surface area contributed by atoms with Gasteiger partial charge in [0.15, 0.2) is 5.78 Å². The summed E-state index contributed by atoms with van der Waals surface area (Å²) in [6.07, 6.45) is 1.85. The third kappa shape index (κ3) is 4.20. The van der Waals surface area contributed by atoms with Crippen molar-refractivity contribution in [1.82, 2.24) is 9.97 Å². The molecule has 0 atom stereocenters. The molecular weight excluding hydrogens is 396 g/mol. The Morgan fingerprint density at radius 1 is 0.750 bits per heavy atom. The van der Waals surface area contributed by atoms with Gasteiger partial charge in [0, 0.05) is 5.56 Å². The fourth-order valence-corrected chi connectivity index (χ4v) is 3.53. The van der Waals surface area contributed by atoms with Gasteiger partial charge in [0.05, 0.1) is 16.6 Å². The van der Waals surface area contributed by atoms with Gasteiger partial charge in [0.1, 0.15) is 17.3 Å². The van der Waals surface area contributed by atoms with Crippen LogP contribution in [0.1, 0.15) is 21.7 Å². The highest BCUT2D eigenvalue weighted by Gasteiger charge is 2.18. The Hall–Kier alpha value is -4.44. The van der Waals surface area contributed by atoms with Crippen LogP contribution in [0.25, 0.3) is 22.7 Å². The summed E-state index contributed by atoms with van der Waals surface area (Å²) in [6.45, 7) is 0. The Morgan fingerprint density at radius 3 is 2.22 bits per heavy atom. The number of imidazole rings is 1. The standard InChI is InChI=1S/C28H20N2O2/c31-27(21-11-3-1-4-12-21)24(28-29-25-16-7-8-17-26(25)30-28)19-20-10-9-15-23(18-20)32-22-13-5-2-6-14-22/h1-19H,(H,29,30)/b24-19+. The van der Waals surface area contributed by atoms with Crippen molar-refractivity contribution in [2.75, 3.05) is 0 Å². The van der Waals surface area contributed by atoms with Gasteiger partial charge in [-0.1, -0.05) is 72.8 Å². The van der Waals surface area contributed by atoms with Crippen LogP contribution in [0.3, 0.4) is 0 Å². The normalized spacial score (nSPS) is 11.4. The molecule has 1 N–H and O–H groups in total. The molecule has 4 heteroatoms. The summed E-state index contributed by atoms with van der Waals surface area (Å²) in [6, 6.07) is 34.3. The quantitative estimate of drug-likeness (QED) is 0.245. The first kappa shape index (κ1) is 19.5. The van der Waals surface area contributed by atoms with Crippen LogP contribution >= 0.6 is 0 Å². The number of H-pyrrole nitrogens is 1. The minimum atomic E-state index is -0.0981. The molecular formula is C28H20N2O2. The van der Waals surface area contributed by atoms with E-state index in [0.717, 1.165) is 22.3 Å². The van der Waals surface area contributed by atoms with Gasteiger partial charge in [-0.15, -0.1) is 0 Å². The lowest BCUT2D eigenvalue weighted by Gasteiger charge is -2.08. The number of nitrogens with one attached hydrogen (secondary N) is 1. The van der Waals surface area contributed by atoms with Crippen molar-refractivity contribution in [2.24, 2.45) is 0 Å². The molecule has 0 fully saturated rings. The molecule has 0 saturated heterocycles. The van der Waals surface area contributed by atoms with E-state index < -0.39 is 0 Å². The summed E-state index contributed by atoms with van der Waals surface area (Å²) >= 11 is 0. The van der Waals surface area contributed by atoms with Gasteiger partial charge in [-0.2, -0.15) is 0 Å². The lowest BCUT2D eigenvalue weighted by molar-refractivity contribution is 0.105. The highest BCUT2D eigenvalue weighted by Crippen LogP contribution is 2.27. The maximum atomic E-state index is 13.4. The number of ketones is 1. The number of carbonyl (C=O) groups excluding carboxylic acids is 1. The average Bonchev–Trinajstić information content (AvgIpc) is 3.28. The summed E-state index contributed by atoms with van der Waals surface area (Å²) < 4.78 is 5.96. The predicted octanol–water partition coefficient (Wildman–Crippen LogP) is 6.78. The van der Waals surface area contributed by atoms with Crippen LogP contribution in [-0.4, -0.2) is 15.8 Å². The topological polar surface area (TPSA) is 55.0 Å². The number of benzene rings is 4. The highest BCUT2D eigenvalue weighted by molar-refractivity contribution is 6.31. The van der Waals surface area contributed by atoms with Crippen molar-refractivity contribution >= 4 is 28.5 Å². The molecule has 154 valence electrons. The smallest absolute Gasteiger partial charge is 0.196 e. The third-order valence-corrected chi connectivity index (χ3v) is 5.07. The van der Waals surface area contributed by atoms with E-state index in [1.165, 1.54) is 0 Å². The van der Waals surface area contributed by atoms with Gasteiger partial charge < -0.3 is 9.72 Å². The van der Waals surface area contributed by atoms with Crippen molar-refractivity contribution in [2.45, 2.75) is 0 Å². The molecule has 5 rings (SSSR count). The summed E-state index contributed by atoms with van der Waals surface area (Å²) in [5.74, 6) is 1.89. The Morgan fingerprint density at radius 2 is 1.44 bits per heavy atom. The Labute approximate surface area is 185 Å². The number of allylic oxidation sites excluding steroid dienone is 1. The van der Waals surface area contributed by atoms with Crippen molar-refractivity contribution in [3.05, 3.63) is 126 Å². The lowest BCUT2D eigenvalue weighted by atomic mass is 10.0. The Bertz CT molecular complexity index is 1370. The van der Waals surface area contributed by atoms with Crippen LogP contribution in [0.4, 0.5) is 0 Å². The molecule has 0 aliphatic heterocycles. The molecule has 1 aromatic heterocycles. The van der Waals surface area contributed by atoms with Crippen LogP contribution in [0.2, 0.25) is 0 Å². The molecule has 0 spiro atoms. The molecule has 0 unspecified atom stereocenters. The fourth-order valence-electron chi connectivity index (χ4n) is 3.53. The molecule has 0 aliphatic carbocycles. The number of hydrogen-bond donors (Lipinski definition) is 1. The number of Topliss-reactive ketones (excluding diaryl/α,β-unsaturated/α-hetero) is 1. The second kappa shape index (κ2) is 8.74. The van der Waals surface area contributed by atoms with E-state index >= 15 is 0 Å². The molecule has 5 aromatic rings. The number of nitrogens with zero attached hydrogens (tertiary/aromatic N) is 1. The largest absolute Gasteiger partial charge is 0.457 e. The Kier molecular flexibility index (Phi) is 5.33. The number of rotatable bonds is 6. The van der Waals surface area contributed by atoms with Gasteiger partial charge in [-0.3, -0.25) is 4.79 Å².